The fourth-order valence-electron chi connectivity index (χ4n) is 2.77. The molecular weight excluding hydrogens is 224 g/mol. The van der Waals surface area contributed by atoms with Gasteiger partial charge in [-0.15, -0.1) is 0 Å². The number of nitrogens with zero attached hydrogens (tertiary/aromatic N) is 3. The van der Waals surface area contributed by atoms with E-state index in [1.165, 1.54) is 37.4 Å². The molecule has 98 valence electrons. The smallest absolute Gasteiger partial charge is 0.0544 e. The van der Waals surface area contributed by atoms with E-state index in [9.17, 15) is 0 Å². The molecule has 1 aromatic rings. The van der Waals surface area contributed by atoms with Gasteiger partial charge in [-0.05, 0) is 18.6 Å². The molecule has 0 spiro atoms. The van der Waals surface area contributed by atoms with E-state index in [2.05, 4.69) is 39.2 Å². The molecule has 2 saturated heterocycles. The van der Waals surface area contributed by atoms with Crippen molar-refractivity contribution < 1.29 is 0 Å². The Bertz CT molecular complexity index is 377. The van der Waals surface area contributed by atoms with E-state index in [4.69, 9.17) is 0 Å². The van der Waals surface area contributed by atoms with Crippen molar-refractivity contribution in [2.45, 2.75) is 19.5 Å². The zero-order chi connectivity index (χ0) is 12.4. The van der Waals surface area contributed by atoms with E-state index < -0.39 is 0 Å². The van der Waals surface area contributed by atoms with Gasteiger partial charge < -0.3 is 5.32 Å². The fraction of sp³-hybridized carbons (Fsp3) is 0.643. The van der Waals surface area contributed by atoms with Gasteiger partial charge in [0, 0.05) is 58.1 Å². The first-order valence-corrected chi connectivity index (χ1v) is 6.90. The zero-order valence-corrected chi connectivity index (χ0v) is 11.1. The summed E-state index contributed by atoms with van der Waals surface area (Å²) in [6.07, 6.45) is 1.96. The molecule has 3 rings (SSSR count). The van der Waals surface area contributed by atoms with E-state index in [-0.39, 0.29) is 0 Å². The van der Waals surface area contributed by atoms with Gasteiger partial charge in [0.05, 0.1) is 5.69 Å². The predicted molar refractivity (Wildman–Crippen MR) is 72.5 cm³/mol. The van der Waals surface area contributed by atoms with Gasteiger partial charge in [-0.3, -0.25) is 14.8 Å². The zero-order valence-electron chi connectivity index (χ0n) is 11.1. The molecular formula is C14H22N4. The monoisotopic (exact) mass is 246 g/mol. The van der Waals surface area contributed by atoms with E-state index in [1.54, 1.807) is 0 Å². The Hall–Kier alpha value is -0.970. The van der Waals surface area contributed by atoms with Crippen molar-refractivity contribution >= 4 is 0 Å². The summed E-state index contributed by atoms with van der Waals surface area (Å²) in [4.78, 5) is 9.58. The summed E-state index contributed by atoms with van der Waals surface area (Å²) in [5, 5.41) is 3.41. The molecule has 2 aliphatic rings. The minimum Gasteiger partial charge on any atom is -0.314 e. The lowest BCUT2D eigenvalue weighted by Gasteiger charge is -2.46. The van der Waals surface area contributed by atoms with Gasteiger partial charge in [-0.25, -0.2) is 0 Å². The van der Waals surface area contributed by atoms with Crippen LogP contribution in [0.1, 0.15) is 11.3 Å². The molecule has 0 saturated carbocycles. The van der Waals surface area contributed by atoms with E-state index in [0.717, 1.165) is 25.7 Å². The molecule has 1 aromatic heterocycles. The van der Waals surface area contributed by atoms with Crippen molar-refractivity contribution in [3.05, 3.63) is 29.6 Å². The normalized spacial score (nSPS) is 22.9. The molecule has 0 aromatic carbocycles. The summed E-state index contributed by atoms with van der Waals surface area (Å²) < 4.78 is 0. The van der Waals surface area contributed by atoms with E-state index in [1.807, 2.05) is 6.20 Å². The summed E-state index contributed by atoms with van der Waals surface area (Å²) in [6.45, 7) is 10.2. The number of aromatic nitrogens is 1. The number of likely N-dealkylation sites (tertiary alicyclic amines) is 1. The summed E-state index contributed by atoms with van der Waals surface area (Å²) in [6, 6.07) is 5.07. The lowest BCUT2D eigenvalue weighted by Crippen LogP contribution is -2.62. The van der Waals surface area contributed by atoms with Crippen LogP contribution in [0.2, 0.25) is 0 Å². The van der Waals surface area contributed by atoms with Crippen molar-refractivity contribution in [2.75, 3.05) is 39.3 Å². The second-order valence-electron chi connectivity index (χ2n) is 5.46. The Morgan fingerprint density at radius 1 is 1.28 bits per heavy atom. The molecule has 0 aliphatic carbocycles. The van der Waals surface area contributed by atoms with Gasteiger partial charge in [-0.1, -0.05) is 6.07 Å². The number of piperazine rings is 1. The Morgan fingerprint density at radius 3 is 2.72 bits per heavy atom. The molecule has 4 heteroatoms. The third kappa shape index (κ3) is 2.71. The van der Waals surface area contributed by atoms with Crippen LogP contribution < -0.4 is 5.32 Å². The quantitative estimate of drug-likeness (QED) is 0.840. The third-order valence-electron chi connectivity index (χ3n) is 3.96. The summed E-state index contributed by atoms with van der Waals surface area (Å²) >= 11 is 0. The molecule has 0 bridgehead atoms. The highest BCUT2D eigenvalue weighted by atomic mass is 15.3. The Kier molecular flexibility index (Phi) is 3.59. The Balaban J connectivity index is 1.46. The molecule has 0 atom stereocenters. The van der Waals surface area contributed by atoms with Crippen LogP contribution in [0.3, 0.4) is 0 Å². The average Bonchev–Trinajstić information content (AvgIpc) is 2.36. The number of aryl methyl sites for hydroxylation is 1. The number of rotatable bonds is 3. The van der Waals surface area contributed by atoms with Gasteiger partial charge in [0.2, 0.25) is 0 Å². The van der Waals surface area contributed by atoms with E-state index >= 15 is 0 Å². The van der Waals surface area contributed by atoms with Crippen LogP contribution in [-0.2, 0) is 6.54 Å². The average molecular weight is 246 g/mol. The van der Waals surface area contributed by atoms with Crippen molar-refractivity contribution in [1.82, 2.24) is 20.1 Å². The van der Waals surface area contributed by atoms with Crippen molar-refractivity contribution in [1.29, 1.82) is 0 Å². The molecule has 1 N–H and O–H groups in total. The minimum absolute atomic E-state index is 0.776. The van der Waals surface area contributed by atoms with Gasteiger partial charge in [0.15, 0.2) is 0 Å². The van der Waals surface area contributed by atoms with Crippen molar-refractivity contribution in [3.63, 3.8) is 0 Å². The number of pyridine rings is 1. The van der Waals surface area contributed by atoms with Crippen molar-refractivity contribution in [2.24, 2.45) is 0 Å². The standard InChI is InChI=1S/C14H22N4/c1-12-2-3-13(16-8-12)9-17-10-14(11-17)18-6-4-15-5-7-18/h2-3,8,14-15H,4-7,9-11H2,1H3. The highest BCUT2D eigenvalue weighted by molar-refractivity contribution is 5.12. The Labute approximate surface area is 109 Å². The molecule has 4 nitrogen and oxygen atoms in total. The molecule has 0 radical (unpaired) electrons. The number of hydrogen-bond acceptors (Lipinski definition) is 4. The molecule has 0 amide bonds. The van der Waals surface area contributed by atoms with Gasteiger partial charge in [0.1, 0.15) is 0 Å². The Morgan fingerprint density at radius 2 is 2.06 bits per heavy atom. The van der Waals surface area contributed by atoms with Crippen LogP contribution in [0, 0.1) is 6.92 Å². The maximum atomic E-state index is 4.47. The molecule has 2 fully saturated rings. The first-order valence-electron chi connectivity index (χ1n) is 6.90. The first-order chi connectivity index (χ1) is 8.81. The second-order valence-corrected chi connectivity index (χ2v) is 5.46. The highest BCUT2D eigenvalue weighted by Crippen LogP contribution is 2.17. The largest absolute Gasteiger partial charge is 0.314 e. The highest BCUT2D eigenvalue weighted by Gasteiger charge is 2.32. The van der Waals surface area contributed by atoms with Crippen molar-refractivity contribution in [3.8, 4) is 0 Å². The predicted octanol–water partition coefficient (Wildman–Crippen LogP) is 0.479. The van der Waals surface area contributed by atoms with Gasteiger partial charge in [-0.2, -0.15) is 0 Å². The van der Waals surface area contributed by atoms with Gasteiger partial charge >= 0.3 is 0 Å². The number of hydrogen-bond donors (Lipinski definition) is 1. The summed E-state index contributed by atoms with van der Waals surface area (Å²) in [5.41, 5.74) is 2.43. The van der Waals surface area contributed by atoms with Gasteiger partial charge in [0.25, 0.3) is 0 Å². The molecule has 18 heavy (non-hydrogen) atoms. The van der Waals surface area contributed by atoms with Crippen LogP contribution in [-0.4, -0.2) is 60.1 Å². The topological polar surface area (TPSA) is 31.4 Å². The van der Waals surface area contributed by atoms with Crippen LogP contribution in [0.5, 0.6) is 0 Å². The molecule has 3 heterocycles. The second kappa shape index (κ2) is 5.34. The third-order valence-corrected chi connectivity index (χ3v) is 3.96. The number of nitrogens with one attached hydrogen (secondary N) is 1. The lowest BCUT2D eigenvalue weighted by molar-refractivity contribution is 0.0216. The van der Waals surface area contributed by atoms with E-state index in [0.29, 0.717) is 0 Å². The SMILES string of the molecule is Cc1ccc(CN2CC(N3CCNCC3)C2)nc1. The summed E-state index contributed by atoms with van der Waals surface area (Å²) in [7, 11) is 0. The fourth-order valence-corrected chi connectivity index (χ4v) is 2.77. The maximum absolute atomic E-state index is 4.47. The first kappa shape index (κ1) is 12.1. The minimum atomic E-state index is 0.776. The molecule has 2 aliphatic heterocycles. The summed E-state index contributed by atoms with van der Waals surface area (Å²) in [5.74, 6) is 0. The van der Waals surface area contributed by atoms with Crippen LogP contribution in [0.15, 0.2) is 18.3 Å². The van der Waals surface area contributed by atoms with Crippen LogP contribution in [0.25, 0.3) is 0 Å². The maximum Gasteiger partial charge on any atom is 0.0544 e. The van der Waals surface area contributed by atoms with Crippen LogP contribution >= 0.6 is 0 Å². The van der Waals surface area contributed by atoms with Crippen LogP contribution in [0.4, 0.5) is 0 Å². The lowest BCUT2D eigenvalue weighted by atomic mass is 10.1. The molecule has 0 unspecified atom stereocenters.